The Morgan fingerprint density at radius 2 is 2.78 bits per heavy atom. The maximum Gasteiger partial charge on any atom is 0.194 e. The Labute approximate surface area is 68.0 Å². The average Bonchev–Trinajstić information content (AvgIpc) is 2.30. The van der Waals surface area contributed by atoms with Gasteiger partial charge in [0.2, 0.25) is 0 Å². The minimum Gasteiger partial charge on any atom is -0.446 e. The van der Waals surface area contributed by atoms with Crippen molar-refractivity contribution in [1.29, 1.82) is 0 Å². The summed E-state index contributed by atoms with van der Waals surface area (Å²) in [7, 11) is 0. The maximum absolute atomic E-state index is 11.2. The van der Waals surface area contributed by atoms with Gasteiger partial charge < -0.3 is 4.42 Å². The van der Waals surface area contributed by atoms with E-state index in [1.165, 1.54) is 0 Å². The monoisotopic (exact) mass is 193 g/mol. The number of rotatable bonds is 1. The fourth-order valence-corrected chi connectivity index (χ4v) is 0.611. The van der Waals surface area contributed by atoms with Gasteiger partial charge in [-0.1, -0.05) is 0 Å². The van der Waals surface area contributed by atoms with Crippen molar-refractivity contribution in [3.8, 4) is 0 Å². The second kappa shape index (κ2) is 2.35. The van der Waals surface area contributed by atoms with Crippen molar-refractivity contribution >= 4 is 21.7 Å². The molecule has 2 nitrogen and oxygen atoms in total. The fourth-order valence-electron chi connectivity index (χ4n) is 0.350. The zero-order valence-corrected chi connectivity index (χ0v) is 5.78. The molecule has 1 aromatic rings. The third-order valence-electron chi connectivity index (χ3n) is 0.672. The number of halogens is 1. The van der Waals surface area contributed by atoms with Crippen molar-refractivity contribution in [3.05, 3.63) is 22.5 Å². The standard InChI is InChI=1S/C6H5BrO2/c1-4(8)5-2-3-6(7)9-5/h2-3H,1H3/i1D3,2D,3D. The SMILES string of the molecule is [2H]c1c(Br)oc(C(=O)C([2H])([2H])[2H])c1[2H]. The molecule has 0 bridgehead atoms. The van der Waals surface area contributed by atoms with Crippen LogP contribution in [0.15, 0.2) is 21.2 Å². The van der Waals surface area contributed by atoms with Crippen molar-refractivity contribution < 1.29 is 16.1 Å². The van der Waals surface area contributed by atoms with Crippen LogP contribution >= 0.6 is 15.9 Å². The predicted molar refractivity (Wildman–Crippen MR) is 36.4 cm³/mol. The van der Waals surface area contributed by atoms with Gasteiger partial charge in [0.15, 0.2) is 16.2 Å². The molecule has 0 saturated heterocycles. The van der Waals surface area contributed by atoms with Gasteiger partial charge in [0.25, 0.3) is 0 Å². The molecule has 0 saturated carbocycles. The number of furan rings is 1. The minimum absolute atomic E-state index is 0.116. The van der Waals surface area contributed by atoms with Gasteiger partial charge in [-0.3, -0.25) is 4.79 Å². The highest BCUT2D eigenvalue weighted by atomic mass is 79.9. The number of hydrogen-bond donors (Lipinski definition) is 0. The molecule has 0 aliphatic rings. The minimum atomic E-state index is -2.85. The third-order valence-corrected chi connectivity index (χ3v) is 1.03. The summed E-state index contributed by atoms with van der Waals surface area (Å²) in [5.41, 5.74) is 0. The summed E-state index contributed by atoms with van der Waals surface area (Å²) in [5.74, 6) is -1.87. The zero-order valence-electron chi connectivity index (χ0n) is 9.19. The molecule has 0 N–H and O–H groups in total. The number of ketones is 1. The van der Waals surface area contributed by atoms with E-state index in [2.05, 4.69) is 20.3 Å². The van der Waals surface area contributed by atoms with E-state index in [0.717, 1.165) is 0 Å². The molecule has 1 heterocycles. The van der Waals surface area contributed by atoms with Crippen LogP contribution in [0.3, 0.4) is 0 Å². The Balaban J connectivity index is 3.22. The van der Waals surface area contributed by atoms with E-state index in [1.807, 2.05) is 0 Å². The van der Waals surface area contributed by atoms with Crippen LogP contribution in [-0.2, 0) is 0 Å². The van der Waals surface area contributed by atoms with Crippen LogP contribution in [0.2, 0.25) is 0 Å². The summed E-state index contributed by atoms with van der Waals surface area (Å²) < 4.78 is 39.4. The highest BCUT2D eigenvalue weighted by Crippen LogP contribution is 2.13. The van der Waals surface area contributed by atoms with E-state index in [-0.39, 0.29) is 10.7 Å². The lowest BCUT2D eigenvalue weighted by atomic mass is 10.3. The van der Waals surface area contributed by atoms with Crippen LogP contribution < -0.4 is 0 Å². The fraction of sp³-hybridized carbons (Fsp3) is 0.167. The van der Waals surface area contributed by atoms with E-state index < -0.39 is 24.4 Å². The van der Waals surface area contributed by atoms with Crippen molar-refractivity contribution in [2.45, 2.75) is 6.85 Å². The molecule has 0 aliphatic heterocycles. The molecule has 3 heteroatoms. The third kappa shape index (κ3) is 1.42. The highest BCUT2D eigenvalue weighted by molar-refractivity contribution is 9.10. The van der Waals surface area contributed by atoms with E-state index in [0.29, 0.717) is 0 Å². The number of hydrogen-bond acceptors (Lipinski definition) is 2. The molecule has 48 valence electrons. The summed E-state index contributed by atoms with van der Waals surface area (Å²) in [4.78, 5) is 11.2. The first kappa shape index (κ1) is 2.58. The molecular formula is C6H5BrO2. The van der Waals surface area contributed by atoms with Crippen molar-refractivity contribution in [1.82, 2.24) is 0 Å². The molecule has 0 radical (unpaired) electrons. The lowest BCUT2D eigenvalue weighted by molar-refractivity contribution is 0.0986. The van der Waals surface area contributed by atoms with Crippen LogP contribution in [-0.4, -0.2) is 5.78 Å². The summed E-state index contributed by atoms with van der Waals surface area (Å²) in [6, 6.07) is -0.851. The van der Waals surface area contributed by atoms with E-state index >= 15 is 0 Å². The average molecular weight is 194 g/mol. The van der Waals surface area contributed by atoms with Gasteiger partial charge in [-0.05, 0) is 28.0 Å². The van der Waals surface area contributed by atoms with Gasteiger partial charge in [0, 0.05) is 11.0 Å². The molecular weight excluding hydrogens is 184 g/mol. The van der Waals surface area contributed by atoms with Gasteiger partial charge in [0.05, 0.1) is 2.74 Å². The first-order chi connectivity index (χ1) is 6.25. The predicted octanol–water partition coefficient (Wildman–Crippen LogP) is 2.24. The molecule has 0 aliphatic carbocycles. The smallest absolute Gasteiger partial charge is 0.194 e. The van der Waals surface area contributed by atoms with Crippen LogP contribution in [0.5, 0.6) is 0 Å². The molecule has 0 atom stereocenters. The van der Waals surface area contributed by atoms with Crippen LogP contribution in [0, 0.1) is 0 Å². The Morgan fingerprint density at radius 3 is 3.22 bits per heavy atom. The second-order valence-electron chi connectivity index (χ2n) is 1.28. The Morgan fingerprint density at radius 1 is 2.00 bits per heavy atom. The van der Waals surface area contributed by atoms with Gasteiger partial charge >= 0.3 is 0 Å². The van der Waals surface area contributed by atoms with Gasteiger partial charge in [-0.15, -0.1) is 0 Å². The van der Waals surface area contributed by atoms with Crippen LogP contribution in [0.1, 0.15) is 24.3 Å². The maximum atomic E-state index is 11.2. The van der Waals surface area contributed by atoms with Crippen LogP contribution in [0.4, 0.5) is 0 Å². The molecule has 0 fully saturated rings. The molecule has 9 heavy (non-hydrogen) atoms. The number of carbonyl (C=O) groups is 1. The van der Waals surface area contributed by atoms with Crippen molar-refractivity contribution in [2.75, 3.05) is 0 Å². The largest absolute Gasteiger partial charge is 0.446 e. The van der Waals surface area contributed by atoms with Gasteiger partial charge in [-0.2, -0.15) is 0 Å². The first-order valence-electron chi connectivity index (χ1n) is 4.55. The molecule has 1 rings (SSSR count). The number of Topliss-reactive ketones (excluding diaryl/α,β-unsaturated/α-hetero) is 1. The van der Waals surface area contributed by atoms with Crippen molar-refractivity contribution in [3.63, 3.8) is 0 Å². The summed E-state index contributed by atoms with van der Waals surface area (Å²) in [5, 5.41) is 0. The van der Waals surface area contributed by atoms with E-state index in [9.17, 15) is 4.79 Å². The normalized spacial score (nSPS) is 19.0. The molecule has 0 unspecified atom stereocenters. The van der Waals surface area contributed by atoms with Crippen LogP contribution in [0.25, 0.3) is 0 Å². The first-order valence-corrected chi connectivity index (χ1v) is 2.84. The molecule has 0 amide bonds. The quantitative estimate of drug-likeness (QED) is 0.641. The zero-order chi connectivity index (χ0) is 11.1. The molecule has 0 spiro atoms. The van der Waals surface area contributed by atoms with Crippen molar-refractivity contribution in [2.24, 2.45) is 0 Å². The van der Waals surface area contributed by atoms with Gasteiger partial charge in [-0.25, -0.2) is 0 Å². The molecule has 1 aromatic heterocycles. The Bertz CT molecular complexity index is 380. The second-order valence-corrected chi connectivity index (χ2v) is 2.00. The Kier molecular flexibility index (Phi) is 0.674. The summed E-state index contributed by atoms with van der Waals surface area (Å²) >= 11 is 2.79. The van der Waals surface area contributed by atoms with E-state index in [1.54, 1.807) is 0 Å². The number of carbonyl (C=O) groups excluding carboxylic acids is 1. The summed E-state index contributed by atoms with van der Waals surface area (Å²) in [6.07, 6.45) is 0. The topological polar surface area (TPSA) is 30.2 Å². The highest BCUT2D eigenvalue weighted by Gasteiger charge is 2.02. The lowest BCUT2D eigenvalue weighted by Gasteiger charge is -1.82. The molecule has 0 aromatic carbocycles. The summed E-state index contributed by atoms with van der Waals surface area (Å²) in [6.45, 7) is -2.85. The lowest BCUT2D eigenvalue weighted by Crippen LogP contribution is -1.85. The van der Waals surface area contributed by atoms with E-state index in [4.69, 9.17) is 6.85 Å². The Hall–Kier alpha value is -0.570. The van der Waals surface area contributed by atoms with Gasteiger partial charge in [0.1, 0.15) is 0 Å².